The van der Waals surface area contributed by atoms with Crippen molar-refractivity contribution in [3.05, 3.63) is 0 Å². The first-order chi connectivity index (χ1) is 9.45. The van der Waals surface area contributed by atoms with Crippen molar-refractivity contribution in [1.29, 1.82) is 0 Å². The predicted octanol–water partition coefficient (Wildman–Crippen LogP) is 0.281. The Morgan fingerprint density at radius 2 is 1.15 bits per heavy atom. The van der Waals surface area contributed by atoms with Gasteiger partial charge in [-0.25, -0.2) is 0 Å². The normalized spacial score (nSPS) is 9.65. The number of carbonyl (C=O) groups is 4. The fourth-order valence-corrected chi connectivity index (χ4v) is 1.10. The smallest absolute Gasteiger partial charge is 0.306 e. The quantitative estimate of drug-likeness (QED) is 0.346. The zero-order valence-corrected chi connectivity index (χ0v) is 11.3. The van der Waals surface area contributed by atoms with E-state index < -0.39 is 23.9 Å². The number of rotatable bonds is 10. The largest absolute Gasteiger partial charge is 0.481 e. The van der Waals surface area contributed by atoms with Crippen LogP contribution in [-0.4, -0.2) is 48.8 Å². The lowest BCUT2D eigenvalue weighted by Crippen LogP contribution is -2.15. The molecule has 0 aliphatic heterocycles. The molecule has 20 heavy (non-hydrogen) atoms. The molecule has 0 heterocycles. The maximum atomic E-state index is 11.2. The van der Waals surface area contributed by atoms with E-state index in [9.17, 15) is 19.2 Å². The van der Waals surface area contributed by atoms with Gasteiger partial charge in [-0.3, -0.25) is 19.2 Å². The van der Waals surface area contributed by atoms with Crippen molar-refractivity contribution in [3.63, 3.8) is 0 Å². The van der Waals surface area contributed by atoms with Crippen LogP contribution in [0.1, 0.15) is 32.6 Å². The summed E-state index contributed by atoms with van der Waals surface area (Å²) in [5.74, 6) is -2.84. The third kappa shape index (κ3) is 11.0. The fourth-order valence-electron chi connectivity index (χ4n) is 1.10. The summed E-state index contributed by atoms with van der Waals surface area (Å²) in [4.78, 5) is 43.3. The average molecular weight is 290 g/mol. The average Bonchev–Trinajstić information content (AvgIpc) is 2.39. The van der Waals surface area contributed by atoms with Crippen molar-refractivity contribution >= 4 is 23.9 Å². The first kappa shape index (κ1) is 17.9. The first-order valence-electron chi connectivity index (χ1n) is 6.14. The summed E-state index contributed by atoms with van der Waals surface area (Å²) in [5.41, 5.74) is 0. The molecule has 0 spiro atoms. The number of carboxylic acids is 1. The van der Waals surface area contributed by atoms with Crippen LogP contribution >= 0.6 is 0 Å². The number of ether oxygens (including phenoxy) is 3. The van der Waals surface area contributed by atoms with Gasteiger partial charge in [0, 0.05) is 0 Å². The molecule has 0 aromatic heterocycles. The van der Waals surface area contributed by atoms with Gasteiger partial charge in [0.25, 0.3) is 0 Å². The molecule has 0 fully saturated rings. The van der Waals surface area contributed by atoms with Gasteiger partial charge in [0.1, 0.15) is 13.2 Å². The Balaban J connectivity index is 3.54. The molecule has 0 saturated carbocycles. The summed E-state index contributed by atoms with van der Waals surface area (Å²) < 4.78 is 14.0. The molecule has 0 aliphatic carbocycles. The van der Waals surface area contributed by atoms with Gasteiger partial charge < -0.3 is 19.3 Å². The molecule has 0 atom stereocenters. The van der Waals surface area contributed by atoms with Crippen LogP contribution in [0.3, 0.4) is 0 Å². The van der Waals surface area contributed by atoms with E-state index in [1.54, 1.807) is 6.92 Å². The summed E-state index contributed by atoms with van der Waals surface area (Å²) in [7, 11) is 0. The number of hydrogen-bond acceptors (Lipinski definition) is 7. The van der Waals surface area contributed by atoms with Crippen LogP contribution in [0.5, 0.6) is 0 Å². The highest BCUT2D eigenvalue weighted by Gasteiger charge is 2.09. The van der Waals surface area contributed by atoms with Crippen molar-refractivity contribution in [1.82, 2.24) is 0 Å². The van der Waals surface area contributed by atoms with Crippen molar-refractivity contribution in [2.45, 2.75) is 32.6 Å². The molecule has 0 rings (SSSR count). The molecule has 0 aromatic carbocycles. The molecule has 0 unspecified atom stereocenters. The molecule has 0 aliphatic rings. The Labute approximate surface area is 116 Å². The number of aliphatic carboxylic acids is 1. The third-order valence-electron chi connectivity index (χ3n) is 1.99. The highest BCUT2D eigenvalue weighted by molar-refractivity contribution is 5.78. The number of carboxylic acid groups (broad SMARTS) is 1. The molecule has 8 heteroatoms. The zero-order chi connectivity index (χ0) is 15.4. The Morgan fingerprint density at radius 1 is 0.750 bits per heavy atom. The SMILES string of the molecule is CCOC(=O)CCC(=O)OCCOC(=O)CCC(=O)O. The molecule has 0 aromatic rings. The summed E-state index contributed by atoms with van der Waals surface area (Å²) in [5, 5.41) is 8.33. The van der Waals surface area contributed by atoms with Crippen molar-refractivity contribution in [2.75, 3.05) is 19.8 Å². The summed E-state index contributed by atoms with van der Waals surface area (Å²) in [6.07, 6.45) is -0.707. The van der Waals surface area contributed by atoms with Gasteiger partial charge in [0.05, 0.1) is 32.3 Å². The monoisotopic (exact) mass is 290 g/mol. The van der Waals surface area contributed by atoms with Crippen LogP contribution in [0, 0.1) is 0 Å². The van der Waals surface area contributed by atoms with Gasteiger partial charge >= 0.3 is 23.9 Å². The fraction of sp³-hybridized carbons (Fsp3) is 0.667. The second kappa shape index (κ2) is 10.8. The van der Waals surface area contributed by atoms with E-state index in [0.717, 1.165) is 0 Å². The highest BCUT2D eigenvalue weighted by Crippen LogP contribution is 1.97. The topological polar surface area (TPSA) is 116 Å². The van der Waals surface area contributed by atoms with Gasteiger partial charge in [-0.1, -0.05) is 0 Å². The molecule has 0 radical (unpaired) electrons. The first-order valence-corrected chi connectivity index (χ1v) is 6.14. The van der Waals surface area contributed by atoms with Crippen molar-refractivity contribution in [3.8, 4) is 0 Å². The molecule has 0 bridgehead atoms. The Kier molecular flexibility index (Phi) is 9.63. The van der Waals surface area contributed by atoms with Crippen molar-refractivity contribution in [2.24, 2.45) is 0 Å². The molecule has 1 N–H and O–H groups in total. The van der Waals surface area contributed by atoms with E-state index in [0.29, 0.717) is 0 Å². The molecule has 0 amide bonds. The lowest BCUT2D eigenvalue weighted by molar-refractivity contribution is -0.154. The van der Waals surface area contributed by atoms with E-state index >= 15 is 0 Å². The molecule has 114 valence electrons. The standard InChI is InChI=1S/C12H18O8/c1-2-18-10(15)5-6-12(17)20-8-7-19-11(16)4-3-9(13)14/h2-8H2,1H3,(H,13,14). The zero-order valence-electron chi connectivity index (χ0n) is 11.3. The van der Waals surface area contributed by atoms with Gasteiger partial charge in [0.15, 0.2) is 0 Å². The van der Waals surface area contributed by atoms with Crippen LogP contribution in [0.2, 0.25) is 0 Å². The number of hydrogen-bond donors (Lipinski definition) is 1. The Morgan fingerprint density at radius 3 is 1.55 bits per heavy atom. The van der Waals surface area contributed by atoms with E-state index in [4.69, 9.17) is 9.84 Å². The summed E-state index contributed by atoms with van der Waals surface area (Å²) >= 11 is 0. The molecular weight excluding hydrogens is 272 g/mol. The predicted molar refractivity (Wildman–Crippen MR) is 64.7 cm³/mol. The van der Waals surface area contributed by atoms with Crippen LogP contribution in [-0.2, 0) is 33.4 Å². The number of esters is 3. The maximum absolute atomic E-state index is 11.2. The minimum absolute atomic E-state index is 0.0644. The Bertz CT molecular complexity index is 349. The van der Waals surface area contributed by atoms with Gasteiger partial charge in [-0.15, -0.1) is 0 Å². The van der Waals surface area contributed by atoms with Crippen molar-refractivity contribution < 1.29 is 38.5 Å². The van der Waals surface area contributed by atoms with E-state index in [1.165, 1.54) is 0 Å². The second-order valence-electron chi connectivity index (χ2n) is 3.64. The highest BCUT2D eigenvalue weighted by atomic mass is 16.6. The van der Waals surface area contributed by atoms with Gasteiger partial charge in [0.2, 0.25) is 0 Å². The minimum atomic E-state index is -1.09. The van der Waals surface area contributed by atoms with Crippen LogP contribution in [0.25, 0.3) is 0 Å². The van der Waals surface area contributed by atoms with E-state index in [2.05, 4.69) is 9.47 Å². The lowest BCUT2D eigenvalue weighted by Gasteiger charge is -2.06. The van der Waals surface area contributed by atoms with Crippen LogP contribution < -0.4 is 0 Å². The van der Waals surface area contributed by atoms with Gasteiger partial charge in [-0.05, 0) is 6.92 Å². The third-order valence-corrected chi connectivity index (χ3v) is 1.99. The van der Waals surface area contributed by atoms with Crippen LogP contribution in [0.4, 0.5) is 0 Å². The van der Waals surface area contributed by atoms with E-state index in [1.807, 2.05) is 0 Å². The Hall–Kier alpha value is -2.12. The maximum Gasteiger partial charge on any atom is 0.306 e. The second-order valence-corrected chi connectivity index (χ2v) is 3.64. The summed E-state index contributed by atoms with van der Waals surface area (Å²) in [6.45, 7) is 1.62. The molecule has 0 saturated heterocycles. The minimum Gasteiger partial charge on any atom is -0.481 e. The van der Waals surface area contributed by atoms with Gasteiger partial charge in [-0.2, -0.15) is 0 Å². The lowest BCUT2D eigenvalue weighted by atomic mass is 10.3. The molecule has 8 nitrogen and oxygen atoms in total. The summed E-state index contributed by atoms with van der Waals surface area (Å²) in [6, 6.07) is 0. The van der Waals surface area contributed by atoms with Crippen LogP contribution in [0.15, 0.2) is 0 Å². The molecular formula is C12H18O8. The number of carbonyl (C=O) groups excluding carboxylic acids is 3. The van der Waals surface area contributed by atoms with E-state index in [-0.39, 0.29) is 45.5 Å².